The van der Waals surface area contributed by atoms with E-state index in [0.29, 0.717) is 35.1 Å². The van der Waals surface area contributed by atoms with Gasteiger partial charge < -0.3 is 39.0 Å². The summed E-state index contributed by atoms with van der Waals surface area (Å²) in [4.78, 5) is 0. The van der Waals surface area contributed by atoms with Crippen LogP contribution in [0.5, 0.6) is 0 Å². The molecular formula is C37H60N3O5+3. The van der Waals surface area contributed by atoms with Crippen LogP contribution < -0.4 is 0 Å². The first-order chi connectivity index (χ1) is 21.6. The van der Waals surface area contributed by atoms with Gasteiger partial charge in [-0.05, 0) is 17.5 Å². The zero-order valence-electron chi connectivity index (χ0n) is 28.2. The van der Waals surface area contributed by atoms with Gasteiger partial charge in [-0.25, -0.2) is 0 Å². The number of quaternary nitrogens is 3. The van der Waals surface area contributed by atoms with Gasteiger partial charge in [-0.3, -0.25) is 0 Å². The molecule has 0 spiro atoms. The SMILES string of the molecule is CCC[N+](C)(CCO)Cc1ccc(-c2ccccc2)cc1.C[N+](CCO)(CCO)Cc1ccc(C[N+](C)(CCO)CCO)cc1. The van der Waals surface area contributed by atoms with Crippen LogP contribution in [0.1, 0.15) is 30.0 Å². The Labute approximate surface area is 271 Å². The van der Waals surface area contributed by atoms with E-state index in [1.807, 2.05) is 20.2 Å². The molecule has 0 aromatic heterocycles. The molecule has 0 heterocycles. The van der Waals surface area contributed by atoms with Gasteiger partial charge in [0.2, 0.25) is 0 Å². The van der Waals surface area contributed by atoms with Gasteiger partial charge in [0, 0.05) is 16.7 Å². The topological polar surface area (TPSA) is 101 Å². The molecule has 0 amide bonds. The number of likely N-dealkylation sites (N-methyl/N-ethyl adjacent to an activating group) is 3. The lowest BCUT2D eigenvalue weighted by Gasteiger charge is -2.34. The summed E-state index contributed by atoms with van der Waals surface area (Å²) in [6.07, 6.45) is 1.14. The molecule has 3 rings (SSSR count). The predicted molar refractivity (Wildman–Crippen MR) is 183 cm³/mol. The summed E-state index contributed by atoms with van der Waals surface area (Å²) >= 11 is 0. The van der Waals surface area contributed by atoms with E-state index in [-0.39, 0.29) is 33.0 Å². The second kappa shape index (κ2) is 19.8. The standard InChI is InChI=1S/C19H26NO.C18H34N2O4/c1-3-13-20(2,14-15-21)16-17-9-11-19(12-10-17)18-7-5-4-6-8-18;1-19(7-11-21,8-12-22)15-17-3-5-18(6-4-17)16-20(2,9-13-23)10-14-24/h4-12,21H,3,13-16H2,1-2H3;3-6,21-24H,7-16H2,1-2H3/q+1;+2. The minimum atomic E-state index is 0.104. The summed E-state index contributed by atoms with van der Waals surface area (Å²) in [5.41, 5.74) is 6.18. The summed E-state index contributed by atoms with van der Waals surface area (Å²) in [5.74, 6) is 0. The zero-order chi connectivity index (χ0) is 33.2. The maximum absolute atomic E-state index is 9.28. The van der Waals surface area contributed by atoms with Crippen molar-refractivity contribution in [1.29, 1.82) is 0 Å². The van der Waals surface area contributed by atoms with Crippen molar-refractivity contribution in [2.45, 2.75) is 33.0 Å². The Morgan fingerprint density at radius 1 is 0.400 bits per heavy atom. The fraction of sp³-hybridized carbons (Fsp3) is 0.514. The largest absolute Gasteiger partial charge is 0.391 e. The number of aliphatic hydroxyl groups is 5. The Morgan fingerprint density at radius 2 is 0.689 bits per heavy atom. The fourth-order valence-corrected chi connectivity index (χ4v) is 6.06. The van der Waals surface area contributed by atoms with Crippen molar-refractivity contribution in [1.82, 2.24) is 0 Å². The van der Waals surface area contributed by atoms with Crippen molar-refractivity contribution >= 4 is 0 Å². The van der Waals surface area contributed by atoms with Crippen LogP contribution >= 0.6 is 0 Å². The average molecular weight is 627 g/mol. The van der Waals surface area contributed by atoms with Gasteiger partial charge in [0.1, 0.15) is 52.4 Å². The van der Waals surface area contributed by atoms with Gasteiger partial charge in [-0.2, -0.15) is 0 Å². The molecule has 1 atom stereocenters. The Bertz CT molecular complexity index is 1130. The Morgan fingerprint density at radius 3 is 1.00 bits per heavy atom. The van der Waals surface area contributed by atoms with Crippen LogP contribution in [0.4, 0.5) is 0 Å². The van der Waals surface area contributed by atoms with E-state index < -0.39 is 0 Å². The van der Waals surface area contributed by atoms with Crippen molar-refractivity contribution in [3.8, 4) is 11.1 Å². The monoisotopic (exact) mass is 626 g/mol. The van der Waals surface area contributed by atoms with Crippen LogP contribution in [0.15, 0.2) is 78.9 Å². The molecule has 8 heteroatoms. The first-order valence-electron chi connectivity index (χ1n) is 16.3. The number of rotatable bonds is 19. The highest BCUT2D eigenvalue weighted by Crippen LogP contribution is 2.21. The highest BCUT2D eigenvalue weighted by atomic mass is 16.3. The number of aliphatic hydroxyl groups excluding tert-OH is 5. The number of nitrogens with zero attached hydrogens (tertiary/aromatic N) is 3. The molecule has 0 aliphatic rings. The quantitative estimate of drug-likeness (QED) is 0.132. The minimum Gasteiger partial charge on any atom is -0.391 e. The van der Waals surface area contributed by atoms with Crippen molar-refractivity contribution < 1.29 is 39.0 Å². The molecule has 8 nitrogen and oxygen atoms in total. The molecule has 0 saturated heterocycles. The van der Waals surface area contributed by atoms with Gasteiger partial charge in [0.15, 0.2) is 0 Å². The predicted octanol–water partition coefficient (Wildman–Crippen LogP) is 3.25. The second-order valence-corrected chi connectivity index (χ2v) is 13.2. The minimum absolute atomic E-state index is 0.104. The molecule has 0 fully saturated rings. The maximum atomic E-state index is 9.28. The molecule has 0 aliphatic carbocycles. The third-order valence-electron chi connectivity index (χ3n) is 8.74. The van der Waals surface area contributed by atoms with Crippen molar-refractivity contribution in [3.63, 3.8) is 0 Å². The van der Waals surface area contributed by atoms with Gasteiger partial charge in [0.25, 0.3) is 0 Å². The van der Waals surface area contributed by atoms with Crippen LogP contribution in [0.3, 0.4) is 0 Å². The smallest absolute Gasteiger partial charge is 0.104 e. The normalized spacial score (nSPS) is 13.2. The number of benzene rings is 3. The first-order valence-corrected chi connectivity index (χ1v) is 16.3. The summed E-state index contributed by atoms with van der Waals surface area (Å²) < 4.78 is 2.11. The molecule has 0 radical (unpaired) electrons. The summed E-state index contributed by atoms with van der Waals surface area (Å²) in [5, 5.41) is 46.2. The molecule has 1 unspecified atom stereocenters. The van der Waals surface area contributed by atoms with Crippen LogP contribution in [0.2, 0.25) is 0 Å². The van der Waals surface area contributed by atoms with E-state index in [0.717, 1.165) is 43.6 Å². The molecule has 250 valence electrons. The van der Waals surface area contributed by atoms with Gasteiger partial charge in [-0.15, -0.1) is 0 Å². The molecule has 45 heavy (non-hydrogen) atoms. The van der Waals surface area contributed by atoms with Crippen LogP contribution in [-0.2, 0) is 19.6 Å². The van der Waals surface area contributed by atoms with Crippen molar-refractivity contribution in [3.05, 3.63) is 95.6 Å². The van der Waals surface area contributed by atoms with E-state index in [1.165, 1.54) is 27.8 Å². The molecular weight excluding hydrogens is 566 g/mol. The molecule has 3 aromatic carbocycles. The number of hydrogen-bond donors (Lipinski definition) is 5. The summed E-state index contributed by atoms with van der Waals surface area (Å²) in [6, 6.07) is 27.6. The zero-order valence-corrected chi connectivity index (χ0v) is 28.2. The van der Waals surface area contributed by atoms with Crippen LogP contribution in [-0.4, -0.2) is 132 Å². The van der Waals surface area contributed by atoms with Crippen LogP contribution in [0, 0.1) is 0 Å². The van der Waals surface area contributed by atoms with E-state index >= 15 is 0 Å². The third-order valence-corrected chi connectivity index (χ3v) is 8.74. The van der Waals surface area contributed by atoms with Crippen molar-refractivity contribution in [2.24, 2.45) is 0 Å². The van der Waals surface area contributed by atoms with Gasteiger partial charge in [-0.1, -0.05) is 85.8 Å². The maximum Gasteiger partial charge on any atom is 0.104 e. The molecule has 0 saturated carbocycles. The lowest BCUT2D eigenvalue weighted by atomic mass is 10.0. The third kappa shape index (κ3) is 13.7. The van der Waals surface area contributed by atoms with E-state index in [1.54, 1.807) is 0 Å². The van der Waals surface area contributed by atoms with Crippen LogP contribution in [0.25, 0.3) is 11.1 Å². The summed E-state index contributed by atoms with van der Waals surface area (Å²) in [6.45, 7) is 9.74. The number of hydrogen-bond acceptors (Lipinski definition) is 5. The van der Waals surface area contributed by atoms with Gasteiger partial charge in [0.05, 0.1) is 60.7 Å². The summed E-state index contributed by atoms with van der Waals surface area (Å²) in [7, 11) is 6.30. The Hall–Kier alpha value is -2.66. The highest BCUT2D eigenvalue weighted by molar-refractivity contribution is 5.63. The molecule has 3 aromatic rings. The first kappa shape index (κ1) is 38.5. The second-order valence-electron chi connectivity index (χ2n) is 13.2. The van der Waals surface area contributed by atoms with E-state index in [9.17, 15) is 25.5 Å². The van der Waals surface area contributed by atoms with Crippen molar-refractivity contribution in [2.75, 3.05) is 93.4 Å². The fourth-order valence-electron chi connectivity index (χ4n) is 6.06. The lowest BCUT2D eigenvalue weighted by Crippen LogP contribution is -2.47. The van der Waals surface area contributed by atoms with E-state index in [2.05, 4.69) is 86.8 Å². The molecule has 5 N–H and O–H groups in total. The lowest BCUT2D eigenvalue weighted by molar-refractivity contribution is -0.923. The molecule has 0 bridgehead atoms. The Balaban J connectivity index is 0.000000316. The van der Waals surface area contributed by atoms with E-state index in [4.69, 9.17) is 0 Å². The Kier molecular flexibility index (Phi) is 16.9. The average Bonchev–Trinajstić information content (AvgIpc) is 3.00. The van der Waals surface area contributed by atoms with Gasteiger partial charge >= 0.3 is 0 Å². The molecule has 0 aliphatic heterocycles. The highest BCUT2D eigenvalue weighted by Gasteiger charge is 2.23.